The molecule has 4 rings (SSSR count). The quantitative estimate of drug-likeness (QED) is 0.456. The summed E-state index contributed by atoms with van der Waals surface area (Å²) in [4.78, 5) is 24.3. The summed E-state index contributed by atoms with van der Waals surface area (Å²) in [6.45, 7) is 2.11. The van der Waals surface area contributed by atoms with Crippen LogP contribution in [0.2, 0.25) is 0 Å². The van der Waals surface area contributed by atoms with Crippen molar-refractivity contribution in [2.24, 2.45) is 0 Å². The maximum Gasteiger partial charge on any atom is 0.407 e. The van der Waals surface area contributed by atoms with Crippen LogP contribution in [0.25, 0.3) is 11.1 Å². The number of benzene rings is 3. The lowest BCUT2D eigenvalue weighted by Crippen LogP contribution is -2.42. The molecular weight excluding hydrogens is 434 g/mol. The third kappa shape index (κ3) is 5.05. The lowest BCUT2D eigenvalue weighted by Gasteiger charge is -2.18. The molecule has 0 saturated heterocycles. The summed E-state index contributed by atoms with van der Waals surface area (Å²) >= 11 is 0. The van der Waals surface area contributed by atoms with E-state index in [0.717, 1.165) is 33.4 Å². The average Bonchev–Trinajstić information content (AvgIpc) is 3.15. The van der Waals surface area contributed by atoms with Crippen molar-refractivity contribution in [3.63, 3.8) is 0 Å². The number of carboxylic acids is 1. The van der Waals surface area contributed by atoms with Crippen LogP contribution in [0.1, 0.15) is 28.2 Å². The highest BCUT2D eigenvalue weighted by atomic mass is 16.7. The van der Waals surface area contributed by atoms with E-state index in [1.54, 1.807) is 12.1 Å². The Morgan fingerprint density at radius 2 is 1.65 bits per heavy atom. The number of aliphatic carboxylic acids is 1. The number of carbonyl (C=O) groups excluding carboxylic acids is 1. The van der Waals surface area contributed by atoms with E-state index in [1.165, 1.54) is 7.11 Å². The Morgan fingerprint density at radius 1 is 1.00 bits per heavy atom. The minimum Gasteiger partial charge on any atom is -0.480 e. The monoisotopic (exact) mass is 461 g/mol. The first kappa shape index (κ1) is 23.3. The highest BCUT2D eigenvalue weighted by molar-refractivity contribution is 5.81. The van der Waals surface area contributed by atoms with Crippen molar-refractivity contribution in [2.45, 2.75) is 25.3 Å². The van der Waals surface area contributed by atoms with Crippen LogP contribution in [0.5, 0.6) is 5.75 Å². The largest absolute Gasteiger partial charge is 0.480 e. The fourth-order valence-corrected chi connectivity index (χ4v) is 4.34. The van der Waals surface area contributed by atoms with Gasteiger partial charge in [0.25, 0.3) is 0 Å². The smallest absolute Gasteiger partial charge is 0.407 e. The van der Waals surface area contributed by atoms with Gasteiger partial charge < -0.3 is 24.6 Å². The van der Waals surface area contributed by atoms with E-state index in [9.17, 15) is 14.7 Å². The first-order chi connectivity index (χ1) is 16.5. The predicted molar refractivity (Wildman–Crippen MR) is 127 cm³/mol. The minimum atomic E-state index is -1.13. The highest BCUT2D eigenvalue weighted by Gasteiger charge is 2.29. The summed E-state index contributed by atoms with van der Waals surface area (Å²) in [5, 5.41) is 12.1. The maximum absolute atomic E-state index is 12.5. The molecule has 3 aromatic rings. The molecule has 0 aromatic heterocycles. The Balaban J connectivity index is 1.40. The molecule has 0 unspecified atom stereocenters. The van der Waals surface area contributed by atoms with Gasteiger partial charge in [0, 0.05) is 19.4 Å². The Labute approximate surface area is 198 Å². The van der Waals surface area contributed by atoms with Crippen LogP contribution in [0.3, 0.4) is 0 Å². The second-order valence-electron chi connectivity index (χ2n) is 8.22. The molecule has 0 saturated carbocycles. The number of nitrogens with one attached hydrogen (secondary N) is 1. The fraction of sp³-hybridized carbons (Fsp3) is 0.259. The van der Waals surface area contributed by atoms with E-state index < -0.39 is 18.1 Å². The molecule has 1 amide bonds. The third-order valence-corrected chi connectivity index (χ3v) is 5.95. The molecule has 1 aliphatic carbocycles. The molecule has 0 radical (unpaired) electrons. The molecule has 2 N–H and O–H groups in total. The van der Waals surface area contributed by atoms with Gasteiger partial charge in [-0.25, -0.2) is 9.59 Å². The van der Waals surface area contributed by atoms with Gasteiger partial charge in [0.1, 0.15) is 18.4 Å². The van der Waals surface area contributed by atoms with Gasteiger partial charge in [-0.3, -0.25) is 0 Å². The number of alkyl carbamates (subject to hydrolysis) is 1. The van der Waals surface area contributed by atoms with E-state index in [0.29, 0.717) is 5.75 Å². The Morgan fingerprint density at radius 3 is 2.24 bits per heavy atom. The SMILES string of the molecule is COCOc1ccc(C[C@@H](NC(=O)OCC2c3ccccc3-c3ccccc32)C(=O)O)cc1C. The Bertz CT molecular complexity index is 1150. The lowest BCUT2D eigenvalue weighted by atomic mass is 9.98. The minimum absolute atomic E-state index is 0.0938. The fourth-order valence-electron chi connectivity index (χ4n) is 4.34. The number of ether oxygens (including phenoxy) is 3. The first-order valence-electron chi connectivity index (χ1n) is 11.0. The van der Waals surface area contributed by atoms with Crippen molar-refractivity contribution in [2.75, 3.05) is 20.5 Å². The molecule has 34 heavy (non-hydrogen) atoms. The molecule has 0 bridgehead atoms. The van der Waals surface area contributed by atoms with Crippen LogP contribution in [0.4, 0.5) is 4.79 Å². The number of fused-ring (bicyclic) bond motifs is 3. The number of hydrogen-bond acceptors (Lipinski definition) is 5. The van der Waals surface area contributed by atoms with Crippen molar-refractivity contribution in [1.82, 2.24) is 5.32 Å². The zero-order valence-electron chi connectivity index (χ0n) is 19.1. The molecule has 176 valence electrons. The number of aryl methyl sites for hydroxylation is 1. The molecule has 0 heterocycles. The van der Waals surface area contributed by atoms with Crippen LogP contribution in [0.15, 0.2) is 66.7 Å². The summed E-state index contributed by atoms with van der Waals surface area (Å²) in [7, 11) is 1.54. The number of amides is 1. The molecular formula is C27H27NO6. The van der Waals surface area contributed by atoms with Crippen molar-refractivity contribution in [1.29, 1.82) is 0 Å². The third-order valence-electron chi connectivity index (χ3n) is 5.95. The molecule has 0 fully saturated rings. The number of carbonyl (C=O) groups is 2. The second kappa shape index (κ2) is 10.4. The number of carboxylic acid groups (broad SMARTS) is 1. The zero-order valence-corrected chi connectivity index (χ0v) is 19.1. The summed E-state index contributed by atoms with van der Waals surface area (Å²) in [5.41, 5.74) is 6.05. The second-order valence-corrected chi connectivity index (χ2v) is 8.22. The van der Waals surface area contributed by atoms with Crippen molar-refractivity contribution < 1.29 is 28.9 Å². The van der Waals surface area contributed by atoms with Crippen LogP contribution < -0.4 is 10.1 Å². The lowest BCUT2D eigenvalue weighted by molar-refractivity contribution is -0.139. The van der Waals surface area contributed by atoms with Gasteiger partial charge in [0.15, 0.2) is 6.79 Å². The molecule has 3 aromatic carbocycles. The van der Waals surface area contributed by atoms with E-state index in [1.807, 2.05) is 49.4 Å². The van der Waals surface area contributed by atoms with E-state index in [4.69, 9.17) is 14.2 Å². The molecule has 7 heteroatoms. The molecule has 0 spiro atoms. The summed E-state index contributed by atoms with van der Waals surface area (Å²) < 4.78 is 15.9. The van der Waals surface area contributed by atoms with Crippen LogP contribution in [-0.2, 0) is 20.7 Å². The number of rotatable bonds is 9. The van der Waals surface area contributed by atoms with Crippen LogP contribution in [0, 0.1) is 6.92 Å². The van der Waals surface area contributed by atoms with Gasteiger partial charge in [0.05, 0.1) is 0 Å². The van der Waals surface area contributed by atoms with E-state index in [2.05, 4.69) is 17.4 Å². The normalized spacial score (nSPS) is 13.0. The van der Waals surface area contributed by atoms with Gasteiger partial charge in [0.2, 0.25) is 0 Å². The Kier molecular flexibility index (Phi) is 7.13. The van der Waals surface area contributed by atoms with Gasteiger partial charge in [-0.2, -0.15) is 0 Å². The predicted octanol–water partition coefficient (Wildman–Crippen LogP) is 4.51. The van der Waals surface area contributed by atoms with Gasteiger partial charge >= 0.3 is 12.1 Å². The highest BCUT2D eigenvalue weighted by Crippen LogP contribution is 2.44. The number of hydrogen-bond donors (Lipinski definition) is 2. The zero-order chi connectivity index (χ0) is 24.1. The van der Waals surface area contributed by atoms with Gasteiger partial charge in [-0.15, -0.1) is 0 Å². The molecule has 0 aliphatic heterocycles. The van der Waals surface area contributed by atoms with E-state index in [-0.39, 0.29) is 25.7 Å². The van der Waals surface area contributed by atoms with Crippen LogP contribution >= 0.6 is 0 Å². The van der Waals surface area contributed by atoms with Crippen molar-refractivity contribution >= 4 is 12.1 Å². The van der Waals surface area contributed by atoms with Crippen molar-refractivity contribution in [3.05, 3.63) is 89.0 Å². The topological polar surface area (TPSA) is 94.1 Å². The summed E-state index contributed by atoms with van der Waals surface area (Å²) in [6, 6.07) is 20.3. The van der Waals surface area contributed by atoms with Gasteiger partial charge in [-0.05, 0) is 46.4 Å². The van der Waals surface area contributed by atoms with E-state index >= 15 is 0 Å². The maximum atomic E-state index is 12.5. The van der Waals surface area contributed by atoms with Gasteiger partial charge in [-0.1, -0.05) is 60.7 Å². The Hall–Kier alpha value is -3.84. The molecule has 7 nitrogen and oxygen atoms in total. The first-order valence-corrected chi connectivity index (χ1v) is 11.0. The molecule has 1 aliphatic rings. The van der Waals surface area contributed by atoms with Crippen molar-refractivity contribution in [3.8, 4) is 16.9 Å². The molecule has 1 atom stereocenters. The standard InChI is InChI=1S/C27H27NO6/c1-17-13-18(11-12-25(17)34-16-32-2)14-24(26(29)30)28-27(31)33-15-23-21-9-5-3-7-19(21)20-8-4-6-10-22(20)23/h3-13,23-24H,14-16H2,1-2H3,(H,28,31)(H,29,30)/t24-/m1/s1. The number of methoxy groups -OCH3 is 1. The summed E-state index contributed by atoms with van der Waals surface area (Å²) in [6.07, 6.45) is -0.642. The average molecular weight is 462 g/mol. The van der Waals surface area contributed by atoms with Crippen LogP contribution in [-0.4, -0.2) is 43.7 Å². The summed E-state index contributed by atoms with van der Waals surface area (Å²) in [5.74, 6) is -0.573.